The van der Waals surface area contributed by atoms with Gasteiger partial charge in [-0.15, -0.1) is 0 Å². The number of anilines is 1. The van der Waals surface area contributed by atoms with E-state index < -0.39 is 5.72 Å². The standard InChI is InChI=1S/C26H28N2O/c1-24(2,3)17-28-21-13-9-8-12-20(21)25(4,5)26(28)16-27-23-19-11-7-6-10-18(19)14-15-22(23)29-26/h6-16H,17H2,1-5H3. The second-order valence-electron chi connectivity index (χ2n) is 9.98. The highest BCUT2D eigenvalue weighted by Crippen LogP contribution is 2.55. The maximum Gasteiger partial charge on any atom is 0.228 e. The van der Waals surface area contributed by atoms with Gasteiger partial charge in [0.15, 0.2) is 0 Å². The van der Waals surface area contributed by atoms with Crippen LogP contribution in [0.3, 0.4) is 0 Å². The van der Waals surface area contributed by atoms with Gasteiger partial charge < -0.3 is 9.64 Å². The van der Waals surface area contributed by atoms with Crippen molar-refractivity contribution in [3.63, 3.8) is 0 Å². The highest BCUT2D eigenvalue weighted by Gasteiger charge is 2.60. The van der Waals surface area contributed by atoms with Gasteiger partial charge in [0, 0.05) is 17.6 Å². The van der Waals surface area contributed by atoms with Crippen LogP contribution in [0.4, 0.5) is 11.4 Å². The van der Waals surface area contributed by atoms with E-state index in [1.807, 2.05) is 6.21 Å². The summed E-state index contributed by atoms with van der Waals surface area (Å²) < 4.78 is 6.92. The summed E-state index contributed by atoms with van der Waals surface area (Å²) >= 11 is 0. The number of aliphatic imine (C=N–C) groups is 1. The van der Waals surface area contributed by atoms with E-state index in [0.29, 0.717) is 0 Å². The molecule has 2 aliphatic rings. The van der Waals surface area contributed by atoms with Crippen LogP contribution >= 0.6 is 0 Å². The molecule has 1 spiro atoms. The van der Waals surface area contributed by atoms with Gasteiger partial charge >= 0.3 is 0 Å². The van der Waals surface area contributed by atoms with Gasteiger partial charge in [-0.2, -0.15) is 0 Å². The van der Waals surface area contributed by atoms with Gasteiger partial charge in [-0.25, -0.2) is 0 Å². The molecule has 148 valence electrons. The van der Waals surface area contributed by atoms with Crippen molar-refractivity contribution in [3.05, 3.63) is 66.2 Å². The summed E-state index contributed by atoms with van der Waals surface area (Å²) in [6.07, 6.45) is 2.05. The molecule has 3 aromatic carbocycles. The normalized spacial score (nSPS) is 21.9. The summed E-state index contributed by atoms with van der Waals surface area (Å²) in [5.74, 6) is 0.853. The van der Waals surface area contributed by atoms with Gasteiger partial charge in [0.1, 0.15) is 11.4 Å². The van der Waals surface area contributed by atoms with Crippen molar-refractivity contribution in [2.75, 3.05) is 11.4 Å². The molecule has 0 bridgehead atoms. The lowest BCUT2D eigenvalue weighted by molar-refractivity contribution is 0.0716. The monoisotopic (exact) mass is 384 g/mol. The second kappa shape index (κ2) is 5.85. The van der Waals surface area contributed by atoms with Crippen LogP contribution in [-0.2, 0) is 5.41 Å². The van der Waals surface area contributed by atoms with Crippen molar-refractivity contribution in [3.8, 4) is 5.75 Å². The largest absolute Gasteiger partial charge is 0.459 e. The molecule has 5 rings (SSSR count). The molecule has 3 nitrogen and oxygen atoms in total. The summed E-state index contributed by atoms with van der Waals surface area (Å²) in [6, 6.07) is 21.2. The second-order valence-corrected chi connectivity index (χ2v) is 9.98. The number of hydrogen-bond donors (Lipinski definition) is 0. The number of rotatable bonds is 1. The lowest BCUT2D eigenvalue weighted by Crippen LogP contribution is -2.63. The Balaban J connectivity index is 1.72. The molecule has 1 atom stereocenters. The summed E-state index contributed by atoms with van der Waals surface area (Å²) in [5, 5.41) is 2.32. The number of hydrogen-bond acceptors (Lipinski definition) is 3. The number of ether oxygens (including phenoxy) is 1. The Hall–Kier alpha value is -2.81. The van der Waals surface area contributed by atoms with Gasteiger partial charge in [0.2, 0.25) is 5.72 Å². The Morgan fingerprint density at radius 1 is 0.931 bits per heavy atom. The smallest absolute Gasteiger partial charge is 0.228 e. The first-order valence-electron chi connectivity index (χ1n) is 10.4. The molecule has 0 N–H and O–H groups in total. The summed E-state index contributed by atoms with van der Waals surface area (Å²) in [5.41, 5.74) is 2.68. The van der Waals surface area contributed by atoms with E-state index in [1.165, 1.54) is 16.6 Å². The van der Waals surface area contributed by atoms with Crippen molar-refractivity contribution in [2.45, 2.75) is 45.8 Å². The van der Waals surface area contributed by atoms with E-state index in [9.17, 15) is 0 Å². The first-order chi connectivity index (χ1) is 13.7. The van der Waals surface area contributed by atoms with E-state index in [0.717, 1.165) is 23.4 Å². The summed E-state index contributed by atoms with van der Waals surface area (Å²) in [6.45, 7) is 12.2. The highest BCUT2D eigenvalue weighted by molar-refractivity contribution is 5.99. The molecule has 1 unspecified atom stereocenters. The molecule has 0 radical (unpaired) electrons. The Kier molecular flexibility index (Phi) is 3.68. The zero-order valence-corrected chi connectivity index (χ0v) is 17.9. The maximum atomic E-state index is 6.92. The molecule has 29 heavy (non-hydrogen) atoms. The average Bonchev–Trinajstić information content (AvgIpc) is 2.86. The minimum atomic E-state index is -0.653. The minimum absolute atomic E-state index is 0.112. The highest BCUT2D eigenvalue weighted by atomic mass is 16.5. The van der Waals surface area contributed by atoms with Crippen LogP contribution in [0.1, 0.15) is 40.2 Å². The number of nitrogens with zero attached hydrogens (tertiary/aromatic N) is 2. The lowest BCUT2D eigenvalue weighted by Gasteiger charge is -2.48. The molecule has 2 heterocycles. The molecular formula is C26H28N2O. The van der Waals surface area contributed by atoms with Crippen molar-refractivity contribution in [2.24, 2.45) is 10.4 Å². The van der Waals surface area contributed by atoms with Crippen LogP contribution in [0.25, 0.3) is 10.8 Å². The molecule has 0 aromatic heterocycles. The average molecular weight is 385 g/mol. The third kappa shape index (κ3) is 2.53. The SMILES string of the molecule is CC(C)(C)CN1c2ccccc2C(C)(C)C12C=Nc1c(ccc3ccccc13)O2. The molecule has 3 heteroatoms. The molecule has 0 saturated heterocycles. The summed E-state index contributed by atoms with van der Waals surface area (Å²) in [4.78, 5) is 7.44. The fourth-order valence-electron chi connectivity index (χ4n) is 4.83. The molecule has 0 fully saturated rings. The van der Waals surface area contributed by atoms with Gasteiger partial charge in [0.05, 0.1) is 11.6 Å². The quantitative estimate of drug-likeness (QED) is 0.480. The van der Waals surface area contributed by atoms with Crippen LogP contribution in [0.5, 0.6) is 5.75 Å². The third-order valence-corrected chi connectivity index (χ3v) is 6.29. The van der Waals surface area contributed by atoms with Gasteiger partial charge in [-0.1, -0.05) is 69.3 Å². The third-order valence-electron chi connectivity index (χ3n) is 6.29. The topological polar surface area (TPSA) is 24.8 Å². The lowest BCUT2D eigenvalue weighted by atomic mass is 9.77. The Bertz CT molecular complexity index is 1140. The van der Waals surface area contributed by atoms with E-state index in [-0.39, 0.29) is 10.8 Å². The van der Waals surface area contributed by atoms with Crippen LogP contribution in [0.2, 0.25) is 0 Å². The number of para-hydroxylation sites is 1. The molecule has 3 aromatic rings. The molecule has 0 saturated carbocycles. The van der Waals surface area contributed by atoms with Gasteiger partial charge in [0.25, 0.3) is 0 Å². The van der Waals surface area contributed by atoms with E-state index in [2.05, 4.69) is 100 Å². The Labute approximate surface area is 173 Å². The molecule has 2 aliphatic heterocycles. The van der Waals surface area contributed by atoms with Crippen molar-refractivity contribution in [1.29, 1.82) is 0 Å². The summed E-state index contributed by atoms with van der Waals surface area (Å²) in [7, 11) is 0. The predicted octanol–water partition coefficient (Wildman–Crippen LogP) is 6.47. The number of fused-ring (bicyclic) bond motifs is 4. The zero-order valence-electron chi connectivity index (χ0n) is 17.9. The zero-order chi connectivity index (χ0) is 20.4. The first kappa shape index (κ1) is 18.2. The van der Waals surface area contributed by atoms with Gasteiger partial charge in [-0.05, 0) is 42.3 Å². The van der Waals surface area contributed by atoms with Gasteiger partial charge in [-0.3, -0.25) is 4.99 Å². The van der Waals surface area contributed by atoms with Crippen molar-refractivity contribution in [1.82, 2.24) is 0 Å². The predicted molar refractivity (Wildman–Crippen MR) is 122 cm³/mol. The number of benzene rings is 3. The first-order valence-corrected chi connectivity index (χ1v) is 10.4. The van der Waals surface area contributed by atoms with E-state index in [1.54, 1.807) is 0 Å². The maximum absolute atomic E-state index is 6.92. The van der Waals surface area contributed by atoms with Crippen LogP contribution in [0, 0.1) is 5.41 Å². The Morgan fingerprint density at radius 2 is 1.66 bits per heavy atom. The fraction of sp³-hybridized carbons (Fsp3) is 0.346. The van der Waals surface area contributed by atoms with Crippen LogP contribution in [-0.4, -0.2) is 18.5 Å². The van der Waals surface area contributed by atoms with Crippen molar-refractivity contribution >= 4 is 28.4 Å². The fourth-order valence-corrected chi connectivity index (χ4v) is 4.83. The molecule has 0 amide bonds. The molecular weight excluding hydrogens is 356 g/mol. The van der Waals surface area contributed by atoms with Crippen molar-refractivity contribution < 1.29 is 4.74 Å². The van der Waals surface area contributed by atoms with E-state index >= 15 is 0 Å². The minimum Gasteiger partial charge on any atom is -0.459 e. The Morgan fingerprint density at radius 3 is 2.45 bits per heavy atom. The van der Waals surface area contributed by atoms with E-state index in [4.69, 9.17) is 9.73 Å². The van der Waals surface area contributed by atoms with Crippen LogP contribution < -0.4 is 9.64 Å². The molecule has 0 aliphatic carbocycles. The van der Waals surface area contributed by atoms with Crippen LogP contribution in [0.15, 0.2) is 65.7 Å².